The van der Waals surface area contributed by atoms with Gasteiger partial charge in [0.1, 0.15) is 0 Å². The number of ether oxygens (including phenoxy) is 2. The number of benzene rings is 1. The monoisotopic (exact) mass is 266 g/mol. The van der Waals surface area contributed by atoms with Crippen LogP contribution in [0.4, 0.5) is 11.4 Å². The molecule has 1 aliphatic rings. The van der Waals surface area contributed by atoms with Crippen LogP contribution in [0.3, 0.4) is 0 Å². The van der Waals surface area contributed by atoms with Crippen LogP contribution < -0.4 is 0 Å². The molecule has 19 heavy (non-hydrogen) atoms. The molecule has 1 heterocycles. The summed E-state index contributed by atoms with van der Waals surface area (Å²) < 4.78 is 10.3. The summed E-state index contributed by atoms with van der Waals surface area (Å²) in [7, 11) is 0. The summed E-state index contributed by atoms with van der Waals surface area (Å²) in [6.07, 6.45) is 2.12. The molecular weight excluding hydrogens is 256 g/mol. The number of hydrogen-bond donors (Lipinski definition) is 0. The fourth-order valence-corrected chi connectivity index (χ4v) is 1.61. The van der Waals surface area contributed by atoms with Crippen LogP contribution in [-0.4, -0.2) is 22.4 Å². The summed E-state index contributed by atoms with van der Waals surface area (Å²) in [5.41, 5.74) is -0.409. The van der Waals surface area contributed by atoms with E-state index in [9.17, 15) is 20.2 Å². The van der Waals surface area contributed by atoms with E-state index in [1.165, 1.54) is 24.3 Å². The van der Waals surface area contributed by atoms with Crippen molar-refractivity contribution < 1.29 is 19.3 Å². The Balaban J connectivity index is 2.24. The van der Waals surface area contributed by atoms with Gasteiger partial charge in [-0.15, -0.1) is 0 Å². The molecule has 0 radical (unpaired) electrons. The predicted octanol–water partition coefficient (Wildman–Crippen LogP) is 2.24. The lowest BCUT2D eigenvalue weighted by molar-refractivity contribution is -0.394. The van der Waals surface area contributed by atoms with E-state index in [-0.39, 0.29) is 23.2 Å². The first-order valence-corrected chi connectivity index (χ1v) is 5.39. The average molecular weight is 266 g/mol. The molecule has 8 nitrogen and oxygen atoms in total. The summed E-state index contributed by atoms with van der Waals surface area (Å²) in [5, 5.41) is 21.4. The summed E-state index contributed by atoms with van der Waals surface area (Å²) in [6, 6.07) is 3.44. The van der Waals surface area contributed by atoms with Gasteiger partial charge in [-0.25, -0.2) is 0 Å². The number of non-ortho nitro benzene ring substituents is 1. The number of rotatable bonds is 4. The smallest absolute Gasteiger partial charge is 0.283 e. The number of nitro benzene ring substituents is 2. The second-order valence-electron chi connectivity index (χ2n) is 3.82. The van der Waals surface area contributed by atoms with Crippen LogP contribution in [0.2, 0.25) is 0 Å². The quantitative estimate of drug-likeness (QED) is 0.611. The molecule has 100 valence electrons. The van der Waals surface area contributed by atoms with Crippen molar-refractivity contribution >= 4 is 17.5 Å². The molecule has 0 bridgehead atoms. The largest absolute Gasteiger partial charge is 0.320 e. The van der Waals surface area contributed by atoms with E-state index >= 15 is 0 Å². The van der Waals surface area contributed by atoms with Crippen LogP contribution in [0.25, 0.3) is 6.08 Å². The van der Waals surface area contributed by atoms with Gasteiger partial charge in [0.2, 0.25) is 0 Å². The van der Waals surface area contributed by atoms with Crippen LogP contribution in [0.5, 0.6) is 0 Å². The molecule has 1 aromatic carbocycles. The number of nitro groups is 2. The molecule has 0 spiro atoms. The van der Waals surface area contributed by atoms with E-state index in [0.717, 1.165) is 6.07 Å². The predicted molar refractivity (Wildman–Crippen MR) is 64.2 cm³/mol. The Morgan fingerprint density at radius 1 is 1.21 bits per heavy atom. The van der Waals surface area contributed by atoms with E-state index < -0.39 is 16.1 Å². The van der Waals surface area contributed by atoms with Gasteiger partial charge in [-0.3, -0.25) is 20.2 Å². The molecule has 0 atom stereocenters. The summed E-state index contributed by atoms with van der Waals surface area (Å²) in [5.74, 6) is 0. The molecule has 0 unspecified atom stereocenters. The maximum Gasteiger partial charge on any atom is 0.283 e. The van der Waals surface area contributed by atoms with Gasteiger partial charge >= 0.3 is 0 Å². The first-order valence-electron chi connectivity index (χ1n) is 5.39. The van der Waals surface area contributed by atoms with E-state index in [2.05, 4.69) is 0 Å². The third-order valence-corrected chi connectivity index (χ3v) is 2.51. The molecule has 1 aliphatic heterocycles. The first kappa shape index (κ1) is 13.1. The van der Waals surface area contributed by atoms with Crippen LogP contribution in [-0.2, 0) is 9.47 Å². The maximum atomic E-state index is 10.9. The van der Waals surface area contributed by atoms with Crippen molar-refractivity contribution in [3.8, 4) is 0 Å². The summed E-state index contributed by atoms with van der Waals surface area (Å²) in [4.78, 5) is 20.1. The lowest BCUT2D eigenvalue weighted by Crippen LogP contribution is -2.36. The summed E-state index contributed by atoms with van der Waals surface area (Å²) in [6.45, 7) is 1.72. The molecule has 8 heteroatoms. The Morgan fingerprint density at radius 2 is 1.89 bits per heavy atom. The van der Waals surface area contributed by atoms with Gasteiger partial charge in [-0.05, 0) is 25.1 Å². The van der Waals surface area contributed by atoms with Crippen molar-refractivity contribution in [3.05, 3.63) is 50.1 Å². The van der Waals surface area contributed by atoms with Gasteiger partial charge in [-0.2, -0.15) is 0 Å². The molecule has 2 rings (SSSR count). The van der Waals surface area contributed by atoms with Crippen molar-refractivity contribution in [2.75, 3.05) is 0 Å². The highest BCUT2D eigenvalue weighted by Gasteiger charge is 2.24. The molecule has 0 amide bonds. The summed E-state index contributed by atoms with van der Waals surface area (Å²) >= 11 is 0. The van der Waals surface area contributed by atoms with Crippen LogP contribution in [0.15, 0.2) is 24.3 Å². The number of hydrogen-bond acceptors (Lipinski definition) is 6. The molecule has 0 aromatic heterocycles. The highest BCUT2D eigenvalue weighted by molar-refractivity contribution is 5.64. The maximum absolute atomic E-state index is 10.9. The molecule has 0 saturated carbocycles. The topological polar surface area (TPSA) is 105 Å². The van der Waals surface area contributed by atoms with Crippen molar-refractivity contribution in [3.63, 3.8) is 0 Å². The van der Waals surface area contributed by atoms with Crippen molar-refractivity contribution in [2.45, 2.75) is 19.5 Å². The minimum Gasteiger partial charge on any atom is -0.320 e. The SMILES string of the molecule is CC1OC(/C=C/c2ccc([N+](=O)[O-])cc2[N+](=O)[O-])O1. The van der Waals surface area contributed by atoms with Crippen LogP contribution in [0, 0.1) is 20.2 Å². The zero-order valence-electron chi connectivity index (χ0n) is 9.89. The Labute approximate surface area is 107 Å². The molecule has 1 saturated heterocycles. The second-order valence-corrected chi connectivity index (χ2v) is 3.82. The Kier molecular flexibility index (Phi) is 3.54. The van der Waals surface area contributed by atoms with Gasteiger partial charge < -0.3 is 9.47 Å². The highest BCUT2D eigenvalue weighted by Crippen LogP contribution is 2.26. The lowest BCUT2D eigenvalue weighted by atomic mass is 10.1. The lowest BCUT2D eigenvalue weighted by Gasteiger charge is -2.31. The highest BCUT2D eigenvalue weighted by atomic mass is 16.9. The number of nitrogens with zero attached hydrogens (tertiary/aromatic N) is 2. The molecule has 1 fully saturated rings. The van der Waals surface area contributed by atoms with E-state index in [0.29, 0.717) is 0 Å². The third kappa shape index (κ3) is 2.92. The van der Waals surface area contributed by atoms with E-state index in [4.69, 9.17) is 9.47 Å². The van der Waals surface area contributed by atoms with Crippen LogP contribution in [0.1, 0.15) is 12.5 Å². The first-order chi connectivity index (χ1) is 8.97. The van der Waals surface area contributed by atoms with Crippen molar-refractivity contribution in [2.24, 2.45) is 0 Å². The Morgan fingerprint density at radius 3 is 2.42 bits per heavy atom. The van der Waals surface area contributed by atoms with Crippen molar-refractivity contribution in [1.29, 1.82) is 0 Å². The van der Waals surface area contributed by atoms with Gasteiger partial charge in [0.05, 0.1) is 21.5 Å². The van der Waals surface area contributed by atoms with Gasteiger partial charge in [-0.1, -0.05) is 0 Å². The van der Waals surface area contributed by atoms with Gasteiger partial charge in [0.25, 0.3) is 11.4 Å². The standard InChI is InChI=1S/C11H10N2O6/c1-7-18-11(19-7)5-3-8-2-4-9(12(14)15)6-10(8)13(16)17/h2-7,11H,1H3/b5-3+. The second kappa shape index (κ2) is 5.12. The zero-order chi connectivity index (χ0) is 14.0. The van der Waals surface area contributed by atoms with Gasteiger partial charge in [0, 0.05) is 6.07 Å². The Bertz CT molecular complexity index is 550. The van der Waals surface area contributed by atoms with Crippen molar-refractivity contribution in [1.82, 2.24) is 0 Å². The zero-order valence-corrected chi connectivity index (χ0v) is 9.89. The molecule has 1 aromatic rings. The van der Waals surface area contributed by atoms with Crippen LogP contribution >= 0.6 is 0 Å². The molecule has 0 N–H and O–H groups in total. The Hall–Kier alpha value is -2.32. The minimum atomic E-state index is -0.680. The van der Waals surface area contributed by atoms with Gasteiger partial charge in [0.15, 0.2) is 12.6 Å². The molecular formula is C11H10N2O6. The molecule has 0 aliphatic carbocycles. The normalized spacial score (nSPS) is 22.2. The third-order valence-electron chi connectivity index (χ3n) is 2.51. The minimum absolute atomic E-state index is 0.252. The van der Waals surface area contributed by atoms with E-state index in [1.807, 2.05) is 0 Å². The fraction of sp³-hybridized carbons (Fsp3) is 0.273. The average Bonchev–Trinajstić information content (AvgIpc) is 2.32. The fourth-order valence-electron chi connectivity index (χ4n) is 1.61. The van der Waals surface area contributed by atoms with E-state index in [1.54, 1.807) is 6.92 Å².